The van der Waals surface area contributed by atoms with Crippen molar-refractivity contribution in [2.45, 2.75) is 126 Å². The van der Waals surface area contributed by atoms with Gasteiger partial charge in [0.1, 0.15) is 0 Å². The molecule has 0 atom stereocenters. The first kappa shape index (κ1) is 38.1. The van der Waals surface area contributed by atoms with Crippen molar-refractivity contribution in [3.05, 3.63) is 175 Å². The Hall–Kier alpha value is -4.16. The fraction of sp³-hybridized carbons (Fsp3) is 0.373. The lowest BCUT2D eigenvalue weighted by Crippen LogP contribution is -2.29. The lowest BCUT2D eigenvalue weighted by molar-refractivity contribution is 0.590. The molecule has 0 unspecified atom stereocenters. The average Bonchev–Trinajstić information content (AvgIpc) is 3.03. The molecule has 0 N–H and O–H groups in total. The Morgan fingerprint density at radius 2 is 0.686 bits per heavy atom. The highest BCUT2D eigenvalue weighted by Gasteiger charge is 2.21. The third-order valence-electron chi connectivity index (χ3n) is 10.6. The first-order valence-electron chi connectivity index (χ1n) is 18.9. The Morgan fingerprint density at radius 1 is 0.431 bits per heavy atom. The lowest BCUT2D eigenvalue weighted by atomic mass is 9.82. The molecule has 0 aliphatic rings. The Balaban J connectivity index is 1.96. The largest absolute Gasteiger partial charge is 0.0579 e. The van der Waals surface area contributed by atoms with Crippen molar-refractivity contribution in [3.63, 3.8) is 0 Å². The fourth-order valence-electron chi connectivity index (χ4n) is 7.41. The van der Waals surface area contributed by atoms with Crippen molar-refractivity contribution in [2.24, 2.45) is 0 Å². The van der Waals surface area contributed by atoms with Crippen molar-refractivity contribution in [1.82, 2.24) is 0 Å². The fourth-order valence-corrected chi connectivity index (χ4v) is 7.41. The van der Waals surface area contributed by atoms with Gasteiger partial charge >= 0.3 is 0 Å². The number of hydrogen-bond donors (Lipinski definition) is 0. The second kappa shape index (κ2) is 13.8. The Kier molecular flexibility index (Phi) is 10.3. The van der Waals surface area contributed by atoms with Crippen LogP contribution in [0, 0.1) is 20.8 Å². The van der Waals surface area contributed by atoms with Crippen LogP contribution in [-0.2, 0) is 21.7 Å². The molecule has 0 saturated heterocycles. The van der Waals surface area contributed by atoms with E-state index < -0.39 is 0 Å². The smallest absolute Gasteiger partial charge is 0.00333 e. The molecule has 0 heteroatoms. The number of benzene rings is 5. The quantitative estimate of drug-likeness (QED) is 0.166. The summed E-state index contributed by atoms with van der Waals surface area (Å²) in [6.07, 6.45) is 0. The van der Waals surface area contributed by atoms with E-state index >= 15 is 0 Å². The maximum Gasteiger partial charge on any atom is -0.00333 e. The second-order valence-corrected chi connectivity index (χ2v) is 18.9. The van der Waals surface area contributed by atoms with E-state index in [-0.39, 0.29) is 21.7 Å². The summed E-state index contributed by atoms with van der Waals surface area (Å²) >= 11 is 0. The van der Waals surface area contributed by atoms with Crippen LogP contribution in [0.25, 0.3) is 11.1 Å². The summed E-state index contributed by atoms with van der Waals surface area (Å²) in [5.74, 6) is 0. The zero-order valence-corrected chi connectivity index (χ0v) is 34.3. The van der Waals surface area contributed by atoms with Gasteiger partial charge in [0.15, 0.2) is 0 Å². The zero-order valence-electron chi connectivity index (χ0n) is 34.3. The molecule has 0 spiro atoms. The monoisotopic (exact) mass is 674 g/mol. The molecular weight excluding hydrogens is 613 g/mol. The summed E-state index contributed by atoms with van der Waals surface area (Å²) in [5, 5.41) is 2.63. The van der Waals surface area contributed by atoms with E-state index in [1.54, 1.807) is 0 Å². The Morgan fingerprint density at radius 3 is 0.941 bits per heavy atom. The summed E-state index contributed by atoms with van der Waals surface area (Å²) < 4.78 is 0. The van der Waals surface area contributed by atoms with E-state index in [9.17, 15) is 0 Å². The van der Waals surface area contributed by atoms with E-state index in [0.717, 1.165) is 0 Å². The van der Waals surface area contributed by atoms with Gasteiger partial charge in [0.2, 0.25) is 0 Å². The molecule has 0 aliphatic carbocycles. The van der Waals surface area contributed by atoms with Crippen LogP contribution in [0.1, 0.15) is 144 Å². The van der Waals surface area contributed by atoms with Crippen molar-refractivity contribution >= 4 is 11.1 Å². The normalized spacial score (nSPS) is 12.6. The molecular formula is C51H62. The van der Waals surface area contributed by atoms with Crippen LogP contribution >= 0.6 is 0 Å². The minimum Gasteiger partial charge on any atom is -0.0579 e. The van der Waals surface area contributed by atoms with Crippen LogP contribution in [0.2, 0.25) is 0 Å². The molecule has 5 aromatic rings. The molecule has 0 nitrogen and oxygen atoms in total. The minimum absolute atomic E-state index is 0.0881. The highest BCUT2D eigenvalue weighted by atomic mass is 14.2. The van der Waals surface area contributed by atoms with Crippen LogP contribution in [0.4, 0.5) is 0 Å². The van der Waals surface area contributed by atoms with E-state index in [4.69, 9.17) is 0 Å². The van der Waals surface area contributed by atoms with Crippen LogP contribution in [-0.4, -0.2) is 0 Å². The highest BCUT2D eigenvalue weighted by Crippen LogP contribution is 2.31. The van der Waals surface area contributed by atoms with Crippen molar-refractivity contribution in [1.29, 1.82) is 0 Å². The van der Waals surface area contributed by atoms with Crippen molar-refractivity contribution < 1.29 is 0 Å². The number of rotatable bonds is 4. The minimum atomic E-state index is 0.0881. The van der Waals surface area contributed by atoms with Gasteiger partial charge in [-0.15, -0.1) is 0 Å². The summed E-state index contributed by atoms with van der Waals surface area (Å²) in [6, 6.07) is 39.7. The van der Waals surface area contributed by atoms with Gasteiger partial charge in [0.05, 0.1) is 0 Å². The van der Waals surface area contributed by atoms with E-state index in [1.165, 1.54) is 82.8 Å². The van der Waals surface area contributed by atoms with E-state index in [1.807, 2.05) is 0 Å². The molecule has 0 bridgehead atoms. The lowest BCUT2D eigenvalue weighted by Gasteiger charge is -2.23. The Labute approximate surface area is 310 Å². The highest BCUT2D eigenvalue weighted by molar-refractivity contribution is 5.84. The topological polar surface area (TPSA) is 0 Å². The standard InChI is InChI=1S/C51H62/c1-33-32-34(2)45(47(38-20-28-42(29-21-38)50(10,11)12)39-22-30-43(31-23-39)51(13,14)15)35(3)44(33)46(36-16-24-40(25-17-36)48(4,5)6)37-18-26-41(27-19-37)49(7,8)9/h16-32H,1-15H3. The molecule has 266 valence electrons. The molecule has 0 radical (unpaired) electrons. The number of hydrogen-bond acceptors (Lipinski definition) is 0. The van der Waals surface area contributed by atoms with Gasteiger partial charge in [-0.05, 0) is 125 Å². The molecule has 5 rings (SSSR count). The third-order valence-corrected chi connectivity index (χ3v) is 10.6. The Bertz CT molecular complexity index is 1850. The van der Waals surface area contributed by atoms with Gasteiger partial charge in [0.25, 0.3) is 0 Å². The van der Waals surface area contributed by atoms with Gasteiger partial charge in [-0.25, -0.2) is 0 Å². The first-order valence-corrected chi connectivity index (χ1v) is 18.9. The molecule has 0 aliphatic heterocycles. The van der Waals surface area contributed by atoms with Crippen molar-refractivity contribution in [2.75, 3.05) is 0 Å². The second-order valence-electron chi connectivity index (χ2n) is 18.9. The maximum absolute atomic E-state index is 2.41. The SMILES string of the molecule is Cc1c[c+](C)c(=C(c2ccc(C(C)(C)C)cc2)c2ccc(C(C)(C)C)cc2)[c-](C)c1=C(c1ccc(C(C)(C)C)cc1)c1ccc(C(C)(C)C)cc1. The molecule has 51 heavy (non-hydrogen) atoms. The third kappa shape index (κ3) is 8.17. The predicted octanol–water partition coefficient (Wildman–Crippen LogP) is 12.3. The average molecular weight is 675 g/mol. The van der Waals surface area contributed by atoms with Gasteiger partial charge in [0, 0.05) is 0 Å². The summed E-state index contributed by atoms with van der Waals surface area (Å²) in [4.78, 5) is 0. The molecule has 0 heterocycles. The van der Waals surface area contributed by atoms with Crippen molar-refractivity contribution in [3.8, 4) is 0 Å². The zero-order chi connectivity index (χ0) is 37.7. The van der Waals surface area contributed by atoms with Gasteiger partial charge in [-0.3, -0.25) is 0 Å². The van der Waals surface area contributed by atoms with E-state index in [0.29, 0.717) is 0 Å². The van der Waals surface area contributed by atoms with Crippen LogP contribution < -0.4 is 10.4 Å². The summed E-state index contributed by atoms with van der Waals surface area (Å²) in [7, 11) is 0. The predicted molar refractivity (Wildman–Crippen MR) is 224 cm³/mol. The molecule has 0 saturated carbocycles. The van der Waals surface area contributed by atoms with Gasteiger partial charge in [-0.2, -0.15) is 0 Å². The first-order chi connectivity index (χ1) is 23.6. The molecule has 0 amide bonds. The number of aryl methyl sites for hydroxylation is 2. The molecule has 0 aromatic heterocycles. The molecule has 0 fully saturated rings. The van der Waals surface area contributed by atoms with Crippen LogP contribution in [0.3, 0.4) is 0 Å². The molecule has 5 aromatic carbocycles. The summed E-state index contributed by atoms with van der Waals surface area (Å²) in [5.41, 5.74) is 17.2. The van der Waals surface area contributed by atoms with Crippen LogP contribution in [0.15, 0.2) is 103 Å². The van der Waals surface area contributed by atoms with Gasteiger partial charge in [-0.1, -0.05) is 186 Å². The van der Waals surface area contributed by atoms with Crippen LogP contribution in [0.5, 0.6) is 0 Å². The maximum atomic E-state index is 2.41. The van der Waals surface area contributed by atoms with Gasteiger partial charge < -0.3 is 0 Å². The van der Waals surface area contributed by atoms with E-state index in [2.05, 4.69) is 207 Å². The summed E-state index contributed by atoms with van der Waals surface area (Å²) in [6.45, 7) is 34.4.